The Bertz CT molecular complexity index is 811. The van der Waals surface area contributed by atoms with Crippen molar-refractivity contribution in [3.05, 3.63) is 48.0 Å². The maximum atomic E-state index is 5.94. The topological polar surface area (TPSA) is 74.2 Å². The fourth-order valence-corrected chi connectivity index (χ4v) is 2.47. The van der Waals surface area contributed by atoms with Crippen LogP contribution >= 0.6 is 0 Å². The zero-order valence-corrected chi connectivity index (χ0v) is 11.2. The van der Waals surface area contributed by atoms with Gasteiger partial charge in [-0.3, -0.25) is 0 Å². The van der Waals surface area contributed by atoms with Gasteiger partial charge in [-0.15, -0.1) is 0 Å². The fourth-order valence-electron chi connectivity index (χ4n) is 2.47. The number of para-hydroxylation sites is 1. The van der Waals surface area contributed by atoms with Gasteiger partial charge in [-0.1, -0.05) is 17.3 Å². The number of nitrogens with two attached hydrogens (primary N) is 1. The molecule has 1 aliphatic heterocycles. The highest BCUT2D eigenvalue weighted by Gasteiger charge is 2.16. The lowest BCUT2D eigenvalue weighted by Gasteiger charge is -2.00. The zero-order chi connectivity index (χ0) is 14.2. The van der Waals surface area contributed by atoms with Crippen molar-refractivity contribution in [3.8, 4) is 28.6 Å². The molecule has 0 saturated heterocycles. The van der Waals surface area contributed by atoms with E-state index in [1.807, 2.05) is 42.5 Å². The molecule has 0 amide bonds. The van der Waals surface area contributed by atoms with Crippen molar-refractivity contribution in [2.45, 2.75) is 6.42 Å². The molecule has 0 bridgehead atoms. The molecule has 0 spiro atoms. The molecule has 4 rings (SSSR count). The Morgan fingerprint density at radius 1 is 1.10 bits per heavy atom. The second kappa shape index (κ2) is 4.63. The molecular formula is C16H13N3O2. The van der Waals surface area contributed by atoms with Gasteiger partial charge in [0.1, 0.15) is 5.75 Å². The van der Waals surface area contributed by atoms with Crippen molar-refractivity contribution >= 4 is 5.69 Å². The Kier molecular flexibility index (Phi) is 2.64. The number of fused-ring (bicyclic) bond motifs is 1. The molecule has 104 valence electrons. The number of anilines is 1. The van der Waals surface area contributed by atoms with Gasteiger partial charge in [-0.2, -0.15) is 4.98 Å². The minimum Gasteiger partial charge on any atom is -0.493 e. The van der Waals surface area contributed by atoms with Crippen LogP contribution in [0.1, 0.15) is 5.56 Å². The van der Waals surface area contributed by atoms with Gasteiger partial charge in [0.15, 0.2) is 0 Å². The van der Waals surface area contributed by atoms with Crippen LogP contribution in [-0.2, 0) is 6.42 Å². The van der Waals surface area contributed by atoms with Gasteiger partial charge in [-0.25, -0.2) is 0 Å². The van der Waals surface area contributed by atoms with E-state index in [0.717, 1.165) is 29.9 Å². The van der Waals surface area contributed by atoms with Crippen molar-refractivity contribution in [3.63, 3.8) is 0 Å². The lowest BCUT2D eigenvalue weighted by Crippen LogP contribution is -1.90. The lowest BCUT2D eigenvalue weighted by atomic mass is 10.1. The summed E-state index contributed by atoms with van der Waals surface area (Å²) in [5.41, 5.74) is 9.41. The van der Waals surface area contributed by atoms with Crippen LogP contribution in [0.25, 0.3) is 22.8 Å². The largest absolute Gasteiger partial charge is 0.493 e. The van der Waals surface area contributed by atoms with Crippen molar-refractivity contribution in [2.24, 2.45) is 0 Å². The first-order valence-electron chi connectivity index (χ1n) is 6.76. The molecule has 2 heterocycles. The van der Waals surface area contributed by atoms with Crippen molar-refractivity contribution in [2.75, 3.05) is 12.3 Å². The Morgan fingerprint density at radius 3 is 2.90 bits per heavy atom. The minimum atomic E-state index is 0.489. The average Bonchev–Trinajstić information content (AvgIpc) is 3.16. The first-order chi connectivity index (χ1) is 10.3. The van der Waals surface area contributed by atoms with Crippen LogP contribution in [0.15, 0.2) is 47.0 Å². The van der Waals surface area contributed by atoms with Gasteiger partial charge in [0.2, 0.25) is 5.82 Å². The number of ether oxygens (including phenoxy) is 1. The number of nitrogen functional groups attached to an aromatic ring is 1. The predicted octanol–water partition coefficient (Wildman–Crippen LogP) is 2.92. The SMILES string of the molecule is Nc1ccccc1-c1noc(-c2ccc3c(c2)CCO3)n1. The quantitative estimate of drug-likeness (QED) is 0.730. The van der Waals surface area contributed by atoms with Crippen molar-refractivity contribution in [1.82, 2.24) is 10.1 Å². The molecule has 1 aliphatic rings. The molecule has 0 aliphatic carbocycles. The van der Waals surface area contributed by atoms with Crippen LogP contribution in [0.2, 0.25) is 0 Å². The summed E-state index contributed by atoms with van der Waals surface area (Å²) >= 11 is 0. The Labute approximate surface area is 121 Å². The predicted molar refractivity (Wildman–Crippen MR) is 78.8 cm³/mol. The van der Waals surface area contributed by atoms with E-state index in [0.29, 0.717) is 17.4 Å². The molecule has 1 aromatic heterocycles. The summed E-state index contributed by atoms with van der Waals surface area (Å²) in [6, 6.07) is 13.4. The maximum absolute atomic E-state index is 5.94. The molecule has 0 radical (unpaired) electrons. The van der Waals surface area contributed by atoms with Gasteiger partial charge in [0, 0.05) is 23.2 Å². The molecule has 2 N–H and O–H groups in total. The van der Waals surface area contributed by atoms with Gasteiger partial charge < -0.3 is 15.0 Å². The van der Waals surface area contributed by atoms with Crippen LogP contribution in [0.5, 0.6) is 5.75 Å². The third-order valence-corrected chi connectivity index (χ3v) is 3.56. The Balaban J connectivity index is 1.73. The number of hydrogen-bond donors (Lipinski definition) is 1. The summed E-state index contributed by atoms with van der Waals surface area (Å²) in [6.07, 6.45) is 0.913. The normalized spacial score (nSPS) is 13.0. The average molecular weight is 279 g/mol. The molecular weight excluding hydrogens is 266 g/mol. The van der Waals surface area contributed by atoms with E-state index in [4.69, 9.17) is 15.0 Å². The summed E-state index contributed by atoms with van der Waals surface area (Å²) in [7, 11) is 0. The Hall–Kier alpha value is -2.82. The second-order valence-corrected chi connectivity index (χ2v) is 4.93. The molecule has 21 heavy (non-hydrogen) atoms. The maximum Gasteiger partial charge on any atom is 0.258 e. The van der Waals surface area contributed by atoms with E-state index >= 15 is 0 Å². The standard InChI is InChI=1S/C16H13N3O2/c17-13-4-2-1-3-12(13)15-18-16(21-19-15)11-5-6-14-10(9-11)7-8-20-14/h1-6,9H,7-8,17H2. The molecule has 5 nitrogen and oxygen atoms in total. The number of hydrogen-bond acceptors (Lipinski definition) is 5. The van der Waals surface area contributed by atoms with Gasteiger partial charge in [0.25, 0.3) is 5.89 Å². The molecule has 0 unspecified atom stereocenters. The third kappa shape index (κ3) is 2.03. The number of rotatable bonds is 2. The first-order valence-corrected chi connectivity index (χ1v) is 6.76. The smallest absolute Gasteiger partial charge is 0.258 e. The van der Waals surface area contributed by atoms with E-state index in [-0.39, 0.29) is 0 Å². The zero-order valence-electron chi connectivity index (χ0n) is 11.2. The van der Waals surface area contributed by atoms with Crippen molar-refractivity contribution < 1.29 is 9.26 Å². The first kappa shape index (κ1) is 12.0. The fraction of sp³-hybridized carbons (Fsp3) is 0.125. The van der Waals surface area contributed by atoms with Crippen LogP contribution in [0, 0.1) is 0 Å². The van der Waals surface area contributed by atoms with E-state index in [2.05, 4.69) is 10.1 Å². The molecule has 0 fully saturated rings. The van der Waals surface area contributed by atoms with E-state index in [1.165, 1.54) is 5.56 Å². The van der Waals surface area contributed by atoms with E-state index in [1.54, 1.807) is 0 Å². The summed E-state index contributed by atoms with van der Waals surface area (Å²) in [4.78, 5) is 4.44. The number of benzene rings is 2. The third-order valence-electron chi connectivity index (χ3n) is 3.56. The molecule has 5 heteroatoms. The lowest BCUT2D eigenvalue weighted by molar-refractivity contribution is 0.357. The molecule has 2 aromatic carbocycles. The second-order valence-electron chi connectivity index (χ2n) is 4.93. The van der Waals surface area contributed by atoms with Gasteiger partial charge >= 0.3 is 0 Å². The molecule has 0 saturated carbocycles. The summed E-state index contributed by atoms with van der Waals surface area (Å²) in [6.45, 7) is 0.731. The van der Waals surface area contributed by atoms with Crippen LogP contribution in [-0.4, -0.2) is 16.7 Å². The highest BCUT2D eigenvalue weighted by molar-refractivity contribution is 5.72. The monoisotopic (exact) mass is 279 g/mol. The van der Waals surface area contributed by atoms with Gasteiger partial charge in [0.05, 0.1) is 6.61 Å². The summed E-state index contributed by atoms with van der Waals surface area (Å²) in [5.74, 6) is 1.92. The minimum absolute atomic E-state index is 0.489. The molecule has 3 aromatic rings. The Morgan fingerprint density at radius 2 is 2.00 bits per heavy atom. The van der Waals surface area contributed by atoms with Gasteiger partial charge in [-0.05, 0) is 35.9 Å². The number of aromatic nitrogens is 2. The van der Waals surface area contributed by atoms with Crippen LogP contribution in [0.3, 0.4) is 0 Å². The highest BCUT2D eigenvalue weighted by atomic mass is 16.5. The summed E-state index contributed by atoms with van der Waals surface area (Å²) in [5, 5.41) is 4.02. The van der Waals surface area contributed by atoms with E-state index < -0.39 is 0 Å². The van der Waals surface area contributed by atoms with E-state index in [9.17, 15) is 0 Å². The molecule has 0 atom stereocenters. The summed E-state index contributed by atoms with van der Waals surface area (Å²) < 4.78 is 10.9. The number of nitrogens with zero attached hydrogens (tertiary/aromatic N) is 2. The van der Waals surface area contributed by atoms with Crippen LogP contribution in [0.4, 0.5) is 5.69 Å². The van der Waals surface area contributed by atoms with Crippen molar-refractivity contribution in [1.29, 1.82) is 0 Å². The highest BCUT2D eigenvalue weighted by Crippen LogP contribution is 2.31. The van der Waals surface area contributed by atoms with Crippen LogP contribution < -0.4 is 10.5 Å².